The number of benzene rings is 6. The summed E-state index contributed by atoms with van der Waals surface area (Å²) in [7, 11) is 0. The molecule has 2 unspecified atom stereocenters. The van der Waals surface area contributed by atoms with Crippen LogP contribution in [0.4, 0.5) is 11.6 Å². The second-order valence-electron chi connectivity index (χ2n) is 11.7. The molecule has 206 valence electrons. The molecule has 4 heteroatoms. The highest BCUT2D eigenvalue weighted by molar-refractivity contribution is 6.24. The summed E-state index contributed by atoms with van der Waals surface area (Å²) in [5.74, 6) is 0.808. The second-order valence-corrected chi connectivity index (χ2v) is 11.7. The molecule has 0 spiro atoms. The molecule has 3 heterocycles. The fourth-order valence-electron chi connectivity index (χ4n) is 7.51. The summed E-state index contributed by atoms with van der Waals surface area (Å²) in [6.07, 6.45) is 8.91. The van der Waals surface area contributed by atoms with E-state index in [0.717, 1.165) is 60.6 Å². The molecule has 6 aromatic carbocycles. The van der Waals surface area contributed by atoms with Crippen LogP contribution in [0.1, 0.15) is 11.5 Å². The third kappa shape index (κ3) is 3.17. The van der Waals surface area contributed by atoms with Crippen LogP contribution in [0.3, 0.4) is 0 Å². The average Bonchev–Trinajstić information content (AvgIpc) is 3.65. The zero-order chi connectivity index (χ0) is 28.8. The fourth-order valence-corrected chi connectivity index (χ4v) is 7.51. The first-order valence-electron chi connectivity index (χ1n) is 15.1. The topological polar surface area (TPSA) is 42.2 Å². The normalized spacial score (nSPS) is 17.3. The number of furan rings is 1. The number of fused-ring (bicyclic) bond motifs is 13. The molecule has 0 fully saturated rings. The van der Waals surface area contributed by atoms with Gasteiger partial charge in [-0.25, -0.2) is 9.97 Å². The van der Waals surface area contributed by atoms with E-state index in [-0.39, 0.29) is 12.0 Å². The molecule has 0 amide bonds. The number of nitrogens with zero attached hydrogens (tertiary/aromatic N) is 3. The van der Waals surface area contributed by atoms with Crippen LogP contribution in [0.25, 0.3) is 65.6 Å². The van der Waals surface area contributed by atoms with Gasteiger partial charge in [0, 0.05) is 33.0 Å². The monoisotopic (exact) mass is 563 g/mol. The minimum Gasteiger partial charge on any atom is -0.454 e. The SMILES string of the molecule is C1=CC2c3c(c4oc5ccccc5c4c4ccccc34)N(c3nc(-c4ccccc4)c4ccc5ccccc5c4n3)C2C=C1. The molecule has 0 saturated heterocycles. The third-order valence-corrected chi connectivity index (χ3v) is 9.37. The van der Waals surface area contributed by atoms with Gasteiger partial charge in [-0.2, -0.15) is 0 Å². The molecule has 0 N–H and O–H groups in total. The van der Waals surface area contributed by atoms with Crippen LogP contribution in [-0.4, -0.2) is 16.0 Å². The van der Waals surface area contributed by atoms with E-state index in [1.54, 1.807) is 0 Å². The molecule has 8 aromatic rings. The molecule has 0 radical (unpaired) electrons. The van der Waals surface area contributed by atoms with Crippen molar-refractivity contribution in [3.8, 4) is 11.3 Å². The number of anilines is 2. The Morgan fingerprint density at radius 1 is 0.591 bits per heavy atom. The quantitative estimate of drug-likeness (QED) is 0.196. The van der Waals surface area contributed by atoms with E-state index in [4.69, 9.17) is 14.4 Å². The van der Waals surface area contributed by atoms with Crippen LogP contribution in [0.2, 0.25) is 0 Å². The van der Waals surface area contributed by atoms with Gasteiger partial charge in [-0.1, -0.05) is 127 Å². The Bertz CT molecular complexity index is 2530. The minimum absolute atomic E-state index is 0.00766. The Morgan fingerprint density at radius 3 is 2.20 bits per heavy atom. The number of hydrogen-bond acceptors (Lipinski definition) is 4. The molecule has 1 aliphatic heterocycles. The first kappa shape index (κ1) is 23.8. The van der Waals surface area contributed by atoms with Crippen LogP contribution in [0.15, 0.2) is 144 Å². The molecule has 1 aliphatic carbocycles. The highest BCUT2D eigenvalue weighted by Crippen LogP contribution is 2.55. The van der Waals surface area contributed by atoms with Crippen molar-refractivity contribution in [3.05, 3.63) is 145 Å². The predicted molar refractivity (Wildman–Crippen MR) is 181 cm³/mol. The van der Waals surface area contributed by atoms with Crippen LogP contribution < -0.4 is 4.90 Å². The molecule has 4 nitrogen and oxygen atoms in total. The first-order valence-corrected chi connectivity index (χ1v) is 15.1. The lowest BCUT2D eigenvalue weighted by Crippen LogP contribution is -2.30. The molecule has 2 atom stereocenters. The van der Waals surface area contributed by atoms with Gasteiger partial charge in [-0.05, 0) is 33.9 Å². The summed E-state index contributed by atoms with van der Waals surface area (Å²) in [6.45, 7) is 0. The van der Waals surface area contributed by atoms with Gasteiger partial charge in [0.25, 0.3) is 0 Å². The lowest BCUT2D eigenvalue weighted by molar-refractivity contribution is 0.667. The standard InChI is InChI=1S/C40H25N3O/c1-2-13-25(14-3-1)36-31-23-22-24-12-4-5-15-26(24)37(31)42-40(41-36)43-32-20-10-8-18-29(32)34-27-16-6-7-17-28(27)35-30-19-9-11-21-33(30)44-39(35)38(34)43/h1-23,29,32H. The summed E-state index contributed by atoms with van der Waals surface area (Å²) in [5, 5.41) is 8.04. The summed E-state index contributed by atoms with van der Waals surface area (Å²) >= 11 is 0. The summed E-state index contributed by atoms with van der Waals surface area (Å²) in [5.41, 5.74) is 7.04. The highest BCUT2D eigenvalue weighted by Gasteiger charge is 2.43. The van der Waals surface area contributed by atoms with E-state index in [9.17, 15) is 0 Å². The number of hydrogen-bond donors (Lipinski definition) is 0. The molecule has 0 saturated carbocycles. The Morgan fingerprint density at radius 2 is 1.32 bits per heavy atom. The van der Waals surface area contributed by atoms with E-state index in [1.165, 1.54) is 16.3 Å². The first-order chi connectivity index (χ1) is 21.8. The maximum Gasteiger partial charge on any atom is 0.231 e. The van der Waals surface area contributed by atoms with Crippen molar-refractivity contribution in [2.24, 2.45) is 0 Å². The summed E-state index contributed by atoms with van der Waals surface area (Å²) < 4.78 is 6.79. The van der Waals surface area contributed by atoms with E-state index in [0.29, 0.717) is 5.95 Å². The third-order valence-electron chi connectivity index (χ3n) is 9.37. The fraction of sp³-hybridized carbons (Fsp3) is 0.0500. The highest BCUT2D eigenvalue weighted by atomic mass is 16.3. The van der Waals surface area contributed by atoms with Crippen molar-refractivity contribution in [1.29, 1.82) is 0 Å². The van der Waals surface area contributed by atoms with E-state index in [1.807, 2.05) is 12.1 Å². The van der Waals surface area contributed by atoms with Crippen LogP contribution in [0.5, 0.6) is 0 Å². The van der Waals surface area contributed by atoms with Crippen LogP contribution in [-0.2, 0) is 0 Å². The zero-order valence-corrected chi connectivity index (χ0v) is 23.7. The van der Waals surface area contributed by atoms with Gasteiger partial charge < -0.3 is 4.42 Å². The Kier molecular flexibility index (Phi) is 4.80. The lowest BCUT2D eigenvalue weighted by atomic mass is 9.87. The van der Waals surface area contributed by atoms with Gasteiger partial charge in [0.15, 0.2) is 5.58 Å². The largest absolute Gasteiger partial charge is 0.454 e. The molecular formula is C40H25N3O. The van der Waals surface area contributed by atoms with Crippen molar-refractivity contribution < 1.29 is 4.42 Å². The Hall–Kier alpha value is -5.74. The average molecular weight is 564 g/mol. The second kappa shape index (κ2) is 8.88. The number of para-hydroxylation sites is 1. The van der Waals surface area contributed by atoms with Gasteiger partial charge in [0.1, 0.15) is 5.58 Å². The number of rotatable bonds is 2. The molecule has 2 aromatic heterocycles. The van der Waals surface area contributed by atoms with Crippen molar-refractivity contribution in [3.63, 3.8) is 0 Å². The molecule has 0 bridgehead atoms. The van der Waals surface area contributed by atoms with Crippen molar-refractivity contribution in [2.45, 2.75) is 12.0 Å². The lowest BCUT2D eigenvalue weighted by Gasteiger charge is -2.27. The molecule has 2 aliphatic rings. The molecule has 44 heavy (non-hydrogen) atoms. The number of allylic oxidation sites excluding steroid dienone is 2. The Labute approximate surface area is 253 Å². The maximum atomic E-state index is 6.79. The zero-order valence-electron chi connectivity index (χ0n) is 23.7. The Balaban J connectivity index is 1.37. The van der Waals surface area contributed by atoms with Gasteiger partial charge in [-0.15, -0.1) is 0 Å². The van der Waals surface area contributed by atoms with Gasteiger partial charge in [0.2, 0.25) is 5.95 Å². The number of aromatic nitrogens is 2. The molecular weight excluding hydrogens is 538 g/mol. The van der Waals surface area contributed by atoms with E-state index in [2.05, 4.69) is 132 Å². The van der Waals surface area contributed by atoms with E-state index >= 15 is 0 Å². The van der Waals surface area contributed by atoms with Crippen molar-refractivity contribution >= 4 is 66.0 Å². The summed E-state index contributed by atoms with van der Waals surface area (Å²) in [6, 6.07) is 40.4. The van der Waals surface area contributed by atoms with Crippen LogP contribution >= 0.6 is 0 Å². The van der Waals surface area contributed by atoms with Crippen molar-refractivity contribution in [1.82, 2.24) is 9.97 Å². The smallest absolute Gasteiger partial charge is 0.231 e. The van der Waals surface area contributed by atoms with Gasteiger partial charge in [-0.3, -0.25) is 4.90 Å². The maximum absolute atomic E-state index is 6.79. The van der Waals surface area contributed by atoms with E-state index < -0.39 is 0 Å². The van der Waals surface area contributed by atoms with Gasteiger partial charge in [0.05, 0.1) is 22.9 Å². The minimum atomic E-state index is 0.00766. The predicted octanol–water partition coefficient (Wildman–Crippen LogP) is 10.2. The van der Waals surface area contributed by atoms with Gasteiger partial charge >= 0.3 is 0 Å². The summed E-state index contributed by atoms with van der Waals surface area (Å²) in [4.78, 5) is 13.2. The molecule has 10 rings (SSSR count). The van der Waals surface area contributed by atoms with Crippen LogP contribution in [0, 0.1) is 0 Å². The van der Waals surface area contributed by atoms with Crippen molar-refractivity contribution in [2.75, 3.05) is 4.90 Å².